The summed E-state index contributed by atoms with van der Waals surface area (Å²) in [6.45, 7) is 9.99. The van der Waals surface area contributed by atoms with Gasteiger partial charge in [0.2, 0.25) is 0 Å². The van der Waals surface area contributed by atoms with Gasteiger partial charge in [-0.25, -0.2) is 0 Å². The molecule has 0 aliphatic rings. The molecule has 0 amide bonds. The molecular formula is C22H31NO3. The quantitative estimate of drug-likeness (QED) is 0.729. The van der Waals surface area contributed by atoms with Gasteiger partial charge in [-0.1, -0.05) is 23.8 Å². The lowest BCUT2D eigenvalue weighted by atomic mass is 10.1. The first-order chi connectivity index (χ1) is 12.4. The van der Waals surface area contributed by atoms with Crippen molar-refractivity contribution in [2.45, 2.75) is 40.2 Å². The molecule has 1 unspecified atom stereocenters. The minimum absolute atomic E-state index is 0.273. The second-order valence-corrected chi connectivity index (χ2v) is 6.83. The molecule has 2 aromatic carbocycles. The first kappa shape index (κ1) is 20.1. The van der Waals surface area contributed by atoms with E-state index >= 15 is 0 Å². The van der Waals surface area contributed by atoms with E-state index in [1.54, 1.807) is 14.2 Å². The second kappa shape index (κ2) is 9.48. The number of methoxy groups -OCH3 is 2. The Hall–Kier alpha value is -2.20. The highest BCUT2D eigenvalue weighted by Gasteiger charge is 2.09. The van der Waals surface area contributed by atoms with Crippen molar-refractivity contribution in [2.75, 3.05) is 27.4 Å². The van der Waals surface area contributed by atoms with Crippen LogP contribution in [0.1, 0.15) is 29.2 Å². The smallest absolute Gasteiger partial charge is 0.160 e. The Morgan fingerprint density at radius 3 is 2.19 bits per heavy atom. The van der Waals surface area contributed by atoms with E-state index in [-0.39, 0.29) is 6.04 Å². The number of benzene rings is 2. The van der Waals surface area contributed by atoms with E-state index in [0.717, 1.165) is 30.2 Å². The molecule has 0 aliphatic carbocycles. The first-order valence-corrected chi connectivity index (χ1v) is 9.09. The number of hydrogen-bond donors (Lipinski definition) is 1. The summed E-state index contributed by atoms with van der Waals surface area (Å²) in [6.07, 6.45) is 0.924. The number of aryl methyl sites for hydroxylation is 3. The molecule has 142 valence electrons. The summed E-state index contributed by atoms with van der Waals surface area (Å²) in [7, 11) is 3.31. The lowest BCUT2D eigenvalue weighted by Crippen LogP contribution is -2.33. The van der Waals surface area contributed by atoms with Gasteiger partial charge in [0.05, 0.1) is 14.2 Å². The predicted octanol–water partition coefficient (Wildman–Crippen LogP) is 4.23. The summed E-state index contributed by atoms with van der Waals surface area (Å²) in [6, 6.07) is 10.7. The zero-order valence-corrected chi connectivity index (χ0v) is 16.8. The van der Waals surface area contributed by atoms with E-state index in [4.69, 9.17) is 14.2 Å². The molecule has 1 atom stereocenters. The van der Waals surface area contributed by atoms with Crippen LogP contribution in [0.25, 0.3) is 0 Å². The van der Waals surface area contributed by atoms with Crippen LogP contribution < -0.4 is 19.5 Å². The molecular weight excluding hydrogens is 326 g/mol. The fraction of sp³-hybridized carbons (Fsp3) is 0.455. The van der Waals surface area contributed by atoms with Crippen LogP contribution in [0.15, 0.2) is 30.3 Å². The highest BCUT2D eigenvalue weighted by atomic mass is 16.5. The minimum atomic E-state index is 0.273. The molecule has 0 saturated heterocycles. The molecule has 26 heavy (non-hydrogen) atoms. The third-order valence-corrected chi connectivity index (χ3v) is 4.44. The van der Waals surface area contributed by atoms with Crippen molar-refractivity contribution in [1.82, 2.24) is 5.32 Å². The van der Waals surface area contributed by atoms with Gasteiger partial charge in [0, 0.05) is 6.04 Å². The maximum Gasteiger partial charge on any atom is 0.160 e. The van der Waals surface area contributed by atoms with Crippen molar-refractivity contribution in [1.29, 1.82) is 0 Å². The van der Waals surface area contributed by atoms with Crippen molar-refractivity contribution in [3.63, 3.8) is 0 Å². The average Bonchev–Trinajstić information content (AvgIpc) is 2.60. The Kier molecular flexibility index (Phi) is 7.34. The van der Waals surface area contributed by atoms with Crippen molar-refractivity contribution < 1.29 is 14.2 Å². The molecule has 0 aromatic heterocycles. The number of nitrogens with one attached hydrogen (secondary N) is 1. The second-order valence-electron chi connectivity index (χ2n) is 6.83. The minimum Gasteiger partial charge on any atom is -0.493 e. The Morgan fingerprint density at radius 2 is 1.58 bits per heavy atom. The van der Waals surface area contributed by atoms with Crippen LogP contribution in [-0.2, 0) is 6.42 Å². The van der Waals surface area contributed by atoms with E-state index in [0.29, 0.717) is 6.61 Å². The highest BCUT2D eigenvalue weighted by molar-refractivity contribution is 5.43. The summed E-state index contributed by atoms with van der Waals surface area (Å²) < 4.78 is 16.7. The average molecular weight is 357 g/mol. The Bertz CT molecular complexity index is 704. The fourth-order valence-corrected chi connectivity index (χ4v) is 3.16. The summed E-state index contributed by atoms with van der Waals surface area (Å²) in [4.78, 5) is 0. The van der Waals surface area contributed by atoms with Gasteiger partial charge in [0.25, 0.3) is 0 Å². The van der Waals surface area contributed by atoms with E-state index < -0.39 is 0 Å². The Labute approximate surface area is 157 Å². The maximum absolute atomic E-state index is 6.05. The number of hydrogen-bond acceptors (Lipinski definition) is 4. The zero-order valence-electron chi connectivity index (χ0n) is 16.8. The van der Waals surface area contributed by atoms with E-state index in [1.165, 1.54) is 22.3 Å². The van der Waals surface area contributed by atoms with Gasteiger partial charge in [-0.3, -0.25) is 0 Å². The van der Waals surface area contributed by atoms with Crippen LogP contribution in [0.4, 0.5) is 0 Å². The van der Waals surface area contributed by atoms with Crippen LogP contribution >= 0.6 is 0 Å². The van der Waals surface area contributed by atoms with Crippen molar-refractivity contribution in [3.05, 3.63) is 52.6 Å². The zero-order chi connectivity index (χ0) is 19.1. The first-order valence-electron chi connectivity index (χ1n) is 9.09. The Morgan fingerprint density at radius 1 is 0.923 bits per heavy atom. The van der Waals surface area contributed by atoms with Crippen LogP contribution in [0.5, 0.6) is 17.2 Å². The monoisotopic (exact) mass is 357 g/mol. The molecule has 2 rings (SSSR count). The standard InChI is InChI=1S/C22H31NO3/c1-15-11-16(2)22(17(3)12-15)26-14-18(4)23-10-9-19-7-8-20(24-5)21(13-19)25-6/h7-8,11-13,18,23H,9-10,14H2,1-6H3. The van der Waals surface area contributed by atoms with Crippen molar-refractivity contribution in [2.24, 2.45) is 0 Å². The van der Waals surface area contributed by atoms with Gasteiger partial charge in [0.1, 0.15) is 12.4 Å². The van der Waals surface area contributed by atoms with E-state index in [2.05, 4.69) is 51.2 Å². The van der Waals surface area contributed by atoms with Crippen LogP contribution in [0.2, 0.25) is 0 Å². The molecule has 0 fully saturated rings. The van der Waals surface area contributed by atoms with Gasteiger partial charge in [-0.15, -0.1) is 0 Å². The summed E-state index contributed by atoms with van der Waals surface area (Å²) in [5.74, 6) is 2.53. The number of ether oxygens (including phenoxy) is 3. The molecule has 0 radical (unpaired) electrons. The molecule has 0 aliphatic heterocycles. The highest BCUT2D eigenvalue weighted by Crippen LogP contribution is 2.27. The number of rotatable bonds is 9. The molecule has 4 nitrogen and oxygen atoms in total. The predicted molar refractivity (Wildman–Crippen MR) is 107 cm³/mol. The lowest BCUT2D eigenvalue weighted by molar-refractivity contribution is 0.271. The largest absolute Gasteiger partial charge is 0.493 e. The third kappa shape index (κ3) is 5.40. The molecule has 0 bridgehead atoms. The molecule has 1 N–H and O–H groups in total. The van der Waals surface area contributed by atoms with Gasteiger partial charge >= 0.3 is 0 Å². The topological polar surface area (TPSA) is 39.7 Å². The summed E-state index contributed by atoms with van der Waals surface area (Å²) in [5, 5.41) is 3.52. The molecule has 0 spiro atoms. The van der Waals surface area contributed by atoms with E-state index in [9.17, 15) is 0 Å². The molecule has 0 heterocycles. The molecule has 0 saturated carbocycles. The van der Waals surface area contributed by atoms with Gasteiger partial charge in [-0.05, 0) is 69.5 Å². The normalized spacial score (nSPS) is 11.9. The summed E-state index contributed by atoms with van der Waals surface area (Å²) >= 11 is 0. The van der Waals surface area contributed by atoms with Crippen LogP contribution in [0, 0.1) is 20.8 Å². The fourth-order valence-electron chi connectivity index (χ4n) is 3.16. The summed E-state index contributed by atoms with van der Waals surface area (Å²) in [5.41, 5.74) is 4.88. The SMILES string of the molecule is COc1ccc(CCNC(C)COc2c(C)cc(C)cc2C)cc1OC. The van der Waals surface area contributed by atoms with E-state index in [1.807, 2.05) is 12.1 Å². The lowest BCUT2D eigenvalue weighted by Gasteiger charge is -2.18. The van der Waals surface area contributed by atoms with Crippen molar-refractivity contribution in [3.8, 4) is 17.2 Å². The Balaban J connectivity index is 1.82. The molecule has 2 aromatic rings. The maximum atomic E-state index is 6.05. The van der Waals surface area contributed by atoms with Crippen LogP contribution in [-0.4, -0.2) is 33.4 Å². The van der Waals surface area contributed by atoms with Gasteiger partial charge < -0.3 is 19.5 Å². The molecule has 4 heteroatoms. The third-order valence-electron chi connectivity index (χ3n) is 4.44. The van der Waals surface area contributed by atoms with Gasteiger partial charge in [-0.2, -0.15) is 0 Å². The van der Waals surface area contributed by atoms with Crippen LogP contribution in [0.3, 0.4) is 0 Å². The van der Waals surface area contributed by atoms with Gasteiger partial charge in [0.15, 0.2) is 11.5 Å². The van der Waals surface area contributed by atoms with Crippen molar-refractivity contribution >= 4 is 0 Å².